The first-order valence-corrected chi connectivity index (χ1v) is 6.21. The Morgan fingerprint density at radius 3 is 1.67 bits per heavy atom. The third-order valence-corrected chi connectivity index (χ3v) is 1.87. The first kappa shape index (κ1) is 20.0. The summed E-state index contributed by atoms with van der Waals surface area (Å²) in [4.78, 5) is 11.2. The Morgan fingerprint density at radius 1 is 1.13 bits per heavy atom. The monoisotopic (exact) mass is 217 g/mol. The normalized spacial score (nSPS) is 9.47. The van der Waals surface area contributed by atoms with Crippen molar-refractivity contribution in [2.45, 2.75) is 74.3 Å². The molecule has 0 unspecified atom stereocenters. The number of carbonyl (C=O) groups is 1. The number of rotatable bonds is 3. The van der Waals surface area contributed by atoms with Gasteiger partial charge in [-0.15, -0.1) is 0 Å². The van der Waals surface area contributed by atoms with E-state index >= 15 is 0 Å². The lowest BCUT2D eigenvalue weighted by Gasteiger charge is -2.25. The van der Waals surface area contributed by atoms with Gasteiger partial charge in [-0.25, -0.2) is 0 Å². The van der Waals surface area contributed by atoms with E-state index in [0.717, 1.165) is 6.42 Å². The lowest BCUT2D eigenvalue weighted by atomic mass is 10.0. The lowest BCUT2D eigenvalue weighted by molar-refractivity contribution is -0.125. The van der Waals surface area contributed by atoms with Gasteiger partial charge in [0.25, 0.3) is 0 Å². The van der Waals surface area contributed by atoms with Crippen molar-refractivity contribution < 1.29 is 4.79 Å². The Kier molecular flexibility index (Phi) is 15.4. The molecule has 0 aliphatic heterocycles. The van der Waals surface area contributed by atoms with Gasteiger partial charge >= 0.3 is 0 Å². The third-order valence-electron chi connectivity index (χ3n) is 1.87. The fraction of sp³-hybridized carbons (Fsp3) is 0.923. The zero-order valence-corrected chi connectivity index (χ0v) is 12.2. The highest BCUT2D eigenvalue weighted by Gasteiger charge is 2.18. The standard InChI is InChI=1S/C9H19NO.2C2H6/c1-6-9(4,5)10-8(11)7(2)3;2*1-2/h7H,6H2,1-5H3,(H,10,11);2*1-2H3. The summed E-state index contributed by atoms with van der Waals surface area (Å²) >= 11 is 0. The van der Waals surface area contributed by atoms with E-state index in [1.54, 1.807) is 0 Å². The van der Waals surface area contributed by atoms with Crippen molar-refractivity contribution in [2.24, 2.45) is 5.92 Å². The summed E-state index contributed by atoms with van der Waals surface area (Å²) in [5, 5.41) is 2.97. The quantitative estimate of drug-likeness (QED) is 0.760. The van der Waals surface area contributed by atoms with E-state index < -0.39 is 0 Å². The fourth-order valence-electron chi connectivity index (χ4n) is 0.566. The number of carbonyl (C=O) groups excluding carboxylic acids is 1. The molecule has 0 bridgehead atoms. The summed E-state index contributed by atoms with van der Waals surface area (Å²) in [6, 6.07) is 0. The van der Waals surface area contributed by atoms with Crippen LogP contribution in [0.25, 0.3) is 0 Å². The van der Waals surface area contributed by atoms with Crippen LogP contribution >= 0.6 is 0 Å². The highest BCUT2D eigenvalue weighted by molar-refractivity contribution is 5.78. The molecule has 0 aromatic rings. The Hall–Kier alpha value is -0.530. The summed E-state index contributed by atoms with van der Waals surface area (Å²) in [7, 11) is 0. The lowest BCUT2D eigenvalue weighted by Crippen LogP contribution is -2.44. The molecule has 0 radical (unpaired) electrons. The molecule has 0 aromatic carbocycles. The molecule has 0 aliphatic carbocycles. The maximum absolute atomic E-state index is 11.2. The molecule has 0 fully saturated rings. The molecule has 0 heterocycles. The number of nitrogens with one attached hydrogen (secondary N) is 1. The van der Waals surface area contributed by atoms with Crippen molar-refractivity contribution in [3.63, 3.8) is 0 Å². The molecule has 94 valence electrons. The maximum Gasteiger partial charge on any atom is 0.222 e. The van der Waals surface area contributed by atoms with E-state index in [1.807, 2.05) is 55.4 Å². The van der Waals surface area contributed by atoms with Gasteiger partial charge in [0.15, 0.2) is 0 Å². The molecule has 2 nitrogen and oxygen atoms in total. The molecule has 0 aromatic heterocycles. The van der Waals surface area contributed by atoms with Crippen LogP contribution in [-0.4, -0.2) is 11.4 Å². The minimum absolute atomic E-state index is 0.0542. The van der Waals surface area contributed by atoms with Gasteiger partial charge in [0.1, 0.15) is 0 Å². The van der Waals surface area contributed by atoms with Crippen molar-refractivity contribution in [1.82, 2.24) is 5.32 Å². The van der Waals surface area contributed by atoms with Crippen molar-refractivity contribution >= 4 is 5.91 Å². The molecular weight excluding hydrogens is 186 g/mol. The first-order valence-electron chi connectivity index (χ1n) is 6.21. The van der Waals surface area contributed by atoms with Crippen molar-refractivity contribution in [3.8, 4) is 0 Å². The largest absolute Gasteiger partial charge is 0.351 e. The molecule has 0 rings (SSSR count). The van der Waals surface area contributed by atoms with Crippen LogP contribution in [0.5, 0.6) is 0 Å². The average molecular weight is 217 g/mol. The molecule has 1 N–H and O–H groups in total. The molecule has 0 saturated heterocycles. The van der Waals surface area contributed by atoms with Crippen molar-refractivity contribution in [3.05, 3.63) is 0 Å². The van der Waals surface area contributed by atoms with Gasteiger partial charge in [-0.3, -0.25) is 4.79 Å². The Labute approximate surface area is 96.8 Å². The Balaban J connectivity index is -0.000000318. The van der Waals surface area contributed by atoms with Crippen LogP contribution in [0, 0.1) is 5.92 Å². The molecular formula is C13H31NO. The summed E-state index contributed by atoms with van der Waals surface area (Å²) in [6.07, 6.45) is 0.964. The summed E-state index contributed by atoms with van der Waals surface area (Å²) < 4.78 is 0. The van der Waals surface area contributed by atoms with E-state index in [-0.39, 0.29) is 17.4 Å². The van der Waals surface area contributed by atoms with Crippen LogP contribution in [0.3, 0.4) is 0 Å². The van der Waals surface area contributed by atoms with E-state index in [1.165, 1.54) is 0 Å². The molecule has 0 aliphatic rings. The predicted octanol–water partition coefficient (Wildman–Crippen LogP) is 4.00. The Morgan fingerprint density at radius 2 is 1.47 bits per heavy atom. The van der Waals surface area contributed by atoms with E-state index in [2.05, 4.69) is 12.2 Å². The fourth-order valence-corrected chi connectivity index (χ4v) is 0.566. The first-order chi connectivity index (χ1) is 6.89. The van der Waals surface area contributed by atoms with Gasteiger partial charge < -0.3 is 5.32 Å². The van der Waals surface area contributed by atoms with Gasteiger partial charge in [-0.2, -0.15) is 0 Å². The minimum atomic E-state index is -0.0542. The topological polar surface area (TPSA) is 29.1 Å². The van der Waals surface area contributed by atoms with Crippen LogP contribution in [0.4, 0.5) is 0 Å². The van der Waals surface area contributed by atoms with Crippen molar-refractivity contribution in [2.75, 3.05) is 0 Å². The van der Waals surface area contributed by atoms with Crippen LogP contribution in [0.1, 0.15) is 68.7 Å². The second-order valence-electron chi connectivity index (χ2n) is 3.88. The van der Waals surface area contributed by atoms with Gasteiger partial charge in [0, 0.05) is 11.5 Å². The highest BCUT2D eigenvalue weighted by atomic mass is 16.2. The number of amides is 1. The molecule has 15 heavy (non-hydrogen) atoms. The SMILES string of the molecule is CC.CC.CCC(C)(C)NC(=O)C(C)C. The van der Waals surface area contributed by atoms with Crippen LogP contribution < -0.4 is 5.32 Å². The maximum atomic E-state index is 11.2. The van der Waals surface area contributed by atoms with Crippen LogP contribution in [-0.2, 0) is 4.79 Å². The van der Waals surface area contributed by atoms with E-state index in [9.17, 15) is 4.79 Å². The molecule has 0 saturated carbocycles. The summed E-state index contributed by atoms with van der Waals surface area (Å²) in [5.74, 6) is 0.220. The van der Waals surface area contributed by atoms with E-state index in [4.69, 9.17) is 0 Å². The van der Waals surface area contributed by atoms with Crippen LogP contribution in [0.2, 0.25) is 0 Å². The molecule has 1 amide bonds. The van der Waals surface area contributed by atoms with E-state index in [0.29, 0.717) is 0 Å². The van der Waals surface area contributed by atoms with Gasteiger partial charge in [0.2, 0.25) is 5.91 Å². The Bertz CT molecular complexity index is 139. The molecule has 0 spiro atoms. The zero-order chi connectivity index (χ0) is 13.1. The highest BCUT2D eigenvalue weighted by Crippen LogP contribution is 2.07. The molecule has 2 heteroatoms. The van der Waals surface area contributed by atoms with Gasteiger partial charge in [0.05, 0.1) is 0 Å². The minimum Gasteiger partial charge on any atom is -0.351 e. The van der Waals surface area contributed by atoms with Crippen LogP contribution in [0.15, 0.2) is 0 Å². The number of hydrogen-bond acceptors (Lipinski definition) is 1. The van der Waals surface area contributed by atoms with Crippen molar-refractivity contribution in [1.29, 1.82) is 0 Å². The second-order valence-corrected chi connectivity index (χ2v) is 3.88. The summed E-state index contributed by atoms with van der Waals surface area (Å²) in [5.41, 5.74) is -0.0542. The van der Waals surface area contributed by atoms with Gasteiger partial charge in [-0.1, -0.05) is 48.5 Å². The predicted molar refractivity (Wildman–Crippen MR) is 70.0 cm³/mol. The van der Waals surface area contributed by atoms with Gasteiger partial charge in [-0.05, 0) is 20.3 Å². The molecule has 0 atom stereocenters. The average Bonchev–Trinajstić information content (AvgIpc) is 2.23. The smallest absolute Gasteiger partial charge is 0.222 e. The second kappa shape index (κ2) is 11.5. The third kappa shape index (κ3) is 13.5. The zero-order valence-electron chi connectivity index (χ0n) is 12.2. The number of hydrogen-bond donors (Lipinski definition) is 1. The summed E-state index contributed by atoms with van der Waals surface area (Å²) in [6.45, 7) is 17.9.